The predicted octanol–water partition coefficient (Wildman–Crippen LogP) is 2.39. The lowest BCUT2D eigenvalue weighted by molar-refractivity contribution is 0.121. The largest absolute Gasteiger partial charge is 0.314 e. The van der Waals surface area contributed by atoms with Gasteiger partial charge in [-0.2, -0.15) is 0 Å². The van der Waals surface area contributed by atoms with E-state index in [4.69, 9.17) is 0 Å². The summed E-state index contributed by atoms with van der Waals surface area (Å²) in [6.45, 7) is 6.10. The summed E-state index contributed by atoms with van der Waals surface area (Å²) in [4.78, 5) is 2.76. The number of likely N-dealkylation sites (tertiary alicyclic amines) is 1. The molecule has 0 aromatic carbocycles. The third kappa shape index (κ3) is 3.18. The van der Waals surface area contributed by atoms with Gasteiger partial charge in [0.25, 0.3) is 0 Å². The van der Waals surface area contributed by atoms with Crippen LogP contribution in [0.2, 0.25) is 0 Å². The molecule has 0 bridgehead atoms. The van der Waals surface area contributed by atoms with Gasteiger partial charge in [-0.1, -0.05) is 13.3 Å². The summed E-state index contributed by atoms with van der Waals surface area (Å²) in [5, 5.41) is 3.59. The van der Waals surface area contributed by atoms with Gasteiger partial charge in [0.15, 0.2) is 0 Å². The van der Waals surface area contributed by atoms with Crippen LogP contribution in [0.4, 0.5) is 0 Å². The van der Waals surface area contributed by atoms with Crippen molar-refractivity contribution in [2.75, 3.05) is 19.6 Å². The molecule has 1 heterocycles. The van der Waals surface area contributed by atoms with Crippen LogP contribution in [0.25, 0.3) is 0 Å². The number of nitrogens with one attached hydrogen (secondary N) is 1. The van der Waals surface area contributed by atoms with Gasteiger partial charge in [-0.15, -0.1) is 0 Å². The summed E-state index contributed by atoms with van der Waals surface area (Å²) in [5.41, 5.74) is 0. The molecule has 1 saturated carbocycles. The number of rotatable bonds is 3. The van der Waals surface area contributed by atoms with E-state index in [-0.39, 0.29) is 0 Å². The van der Waals surface area contributed by atoms with Gasteiger partial charge in [0.1, 0.15) is 0 Å². The van der Waals surface area contributed by atoms with Crippen molar-refractivity contribution in [3.05, 3.63) is 0 Å². The lowest BCUT2D eigenvalue weighted by atomic mass is 9.89. The molecule has 0 aromatic heterocycles. The molecule has 2 rings (SSSR count). The van der Waals surface area contributed by atoms with Crippen LogP contribution in [-0.2, 0) is 0 Å². The van der Waals surface area contributed by atoms with Crippen molar-refractivity contribution in [1.82, 2.24) is 10.2 Å². The molecule has 0 aromatic rings. The molecule has 0 unspecified atom stereocenters. The second-order valence-corrected chi connectivity index (χ2v) is 5.16. The zero-order chi connectivity index (χ0) is 10.5. The molecule has 2 nitrogen and oxygen atoms in total. The molecule has 1 aliphatic heterocycles. The number of hydrogen-bond acceptors (Lipinski definition) is 2. The van der Waals surface area contributed by atoms with Gasteiger partial charge in [0.05, 0.1) is 0 Å². The Hall–Kier alpha value is -0.0800. The third-order valence-corrected chi connectivity index (χ3v) is 4.10. The highest BCUT2D eigenvalue weighted by molar-refractivity contribution is 4.83. The second kappa shape index (κ2) is 5.86. The zero-order valence-electron chi connectivity index (χ0n) is 10.2. The van der Waals surface area contributed by atoms with Crippen LogP contribution in [0, 0.1) is 0 Å². The van der Waals surface area contributed by atoms with Crippen molar-refractivity contribution in [1.29, 1.82) is 0 Å². The van der Waals surface area contributed by atoms with Gasteiger partial charge < -0.3 is 10.2 Å². The lowest BCUT2D eigenvalue weighted by Gasteiger charge is -2.39. The average molecular weight is 210 g/mol. The summed E-state index contributed by atoms with van der Waals surface area (Å²) >= 11 is 0. The zero-order valence-corrected chi connectivity index (χ0v) is 10.2. The fourth-order valence-corrected chi connectivity index (χ4v) is 3.22. The Morgan fingerprint density at radius 2 is 1.67 bits per heavy atom. The van der Waals surface area contributed by atoms with Gasteiger partial charge in [0, 0.05) is 12.1 Å². The Labute approximate surface area is 94.4 Å². The molecule has 1 N–H and O–H groups in total. The van der Waals surface area contributed by atoms with Crippen molar-refractivity contribution in [3.8, 4) is 0 Å². The molecule has 2 aliphatic rings. The Bertz CT molecular complexity index is 167. The van der Waals surface area contributed by atoms with E-state index >= 15 is 0 Å². The Morgan fingerprint density at radius 1 is 1.00 bits per heavy atom. The molecule has 1 aliphatic carbocycles. The maximum atomic E-state index is 3.59. The minimum atomic E-state index is 0.816. The van der Waals surface area contributed by atoms with Crippen LogP contribution >= 0.6 is 0 Å². The van der Waals surface area contributed by atoms with Crippen LogP contribution in [-0.4, -0.2) is 36.6 Å². The van der Waals surface area contributed by atoms with Crippen molar-refractivity contribution >= 4 is 0 Å². The van der Waals surface area contributed by atoms with E-state index in [2.05, 4.69) is 17.1 Å². The molecular weight excluding hydrogens is 184 g/mol. The highest BCUT2D eigenvalue weighted by Crippen LogP contribution is 2.25. The first-order valence-corrected chi connectivity index (χ1v) is 6.87. The molecule has 0 spiro atoms. The maximum absolute atomic E-state index is 3.59. The van der Waals surface area contributed by atoms with E-state index in [0.29, 0.717) is 0 Å². The van der Waals surface area contributed by atoms with E-state index in [1.807, 2.05) is 0 Å². The fraction of sp³-hybridized carbons (Fsp3) is 1.00. The van der Waals surface area contributed by atoms with E-state index in [1.165, 1.54) is 58.0 Å². The number of piperidine rings is 1. The van der Waals surface area contributed by atoms with Crippen LogP contribution in [0.5, 0.6) is 0 Å². The summed E-state index contributed by atoms with van der Waals surface area (Å²) in [6.07, 6.45) is 9.99. The SMILES string of the molecule is CCNC1CCC(N2CCCCC2)CC1. The molecule has 0 atom stereocenters. The quantitative estimate of drug-likeness (QED) is 0.769. The lowest BCUT2D eigenvalue weighted by Crippen LogP contribution is -2.44. The maximum Gasteiger partial charge on any atom is 0.00964 e. The first kappa shape index (κ1) is 11.4. The normalized spacial score (nSPS) is 34.2. The molecule has 88 valence electrons. The van der Waals surface area contributed by atoms with Crippen molar-refractivity contribution < 1.29 is 0 Å². The van der Waals surface area contributed by atoms with E-state index in [9.17, 15) is 0 Å². The van der Waals surface area contributed by atoms with Gasteiger partial charge in [-0.05, 0) is 58.2 Å². The Morgan fingerprint density at radius 3 is 2.27 bits per heavy atom. The van der Waals surface area contributed by atoms with E-state index in [0.717, 1.165) is 18.6 Å². The summed E-state index contributed by atoms with van der Waals surface area (Å²) in [6, 6.07) is 1.73. The highest BCUT2D eigenvalue weighted by Gasteiger charge is 2.25. The van der Waals surface area contributed by atoms with E-state index < -0.39 is 0 Å². The first-order chi connectivity index (χ1) is 7.40. The molecule has 0 amide bonds. The van der Waals surface area contributed by atoms with Crippen molar-refractivity contribution in [2.45, 2.75) is 64.0 Å². The summed E-state index contributed by atoms with van der Waals surface area (Å²) in [5.74, 6) is 0. The Kier molecular flexibility index (Phi) is 4.45. The molecule has 0 radical (unpaired) electrons. The smallest absolute Gasteiger partial charge is 0.00964 e. The predicted molar refractivity (Wildman–Crippen MR) is 65.1 cm³/mol. The van der Waals surface area contributed by atoms with Gasteiger partial charge in [-0.3, -0.25) is 0 Å². The second-order valence-electron chi connectivity index (χ2n) is 5.16. The van der Waals surface area contributed by atoms with Crippen molar-refractivity contribution in [3.63, 3.8) is 0 Å². The molecule has 2 heteroatoms. The van der Waals surface area contributed by atoms with Gasteiger partial charge in [0.2, 0.25) is 0 Å². The van der Waals surface area contributed by atoms with Crippen LogP contribution in [0.1, 0.15) is 51.9 Å². The minimum absolute atomic E-state index is 0.816. The van der Waals surface area contributed by atoms with Crippen LogP contribution in [0.3, 0.4) is 0 Å². The molecule has 2 fully saturated rings. The Balaban J connectivity index is 1.72. The summed E-state index contributed by atoms with van der Waals surface area (Å²) in [7, 11) is 0. The topological polar surface area (TPSA) is 15.3 Å². The third-order valence-electron chi connectivity index (χ3n) is 4.10. The number of hydrogen-bond donors (Lipinski definition) is 1. The summed E-state index contributed by atoms with van der Waals surface area (Å²) < 4.78 is 0. The highest BCUT2D eigenvalue weighted by atomic mass is 15.2. The van der Waals surface area contributed by atoms with Gasteiger partial charge in [-0.25, -0.2) is 0 Å². The number of nitrogens with zero attached hydrogens (tertiary/aromatic N) is 1. The molecule has 15 heavy (non-hydrogen) atoms. The van der Waals surface area contributed by atoms with E-state index in [1.54, 1.807) is 0 Å². The monoisotopic (exact) mass is 210 g/mol. The van der Waals surface area contributed by atoms with Crippen molar-refractivity contribution in [2.24, 2.45) is 0 Å². The fourth-order valence-electron chi connectivity index (χ4n) is 3.22. The van der Waals surface area contributed by atoms with Gasteiger partial charge >= 0.3 is 0 Å². The molecule has 1 saturated heterocycles. The minimum Gasteiger partial charge on any atom is -0.314 e. The van der Waals surface area contributed by atoms with Crippen LogP contribution < -0.4 is 5.32 Å². The first-order valence-electron chi connectivity index (χ1n) is 6.87. The van der Waals surface area contributed by atoms with Crippen LogP contribution in [0.15, 0.2) is 0 Å². The standard InChI is InChI=1S/C13H26N2/c1-2-14-12-6-8-13(9-7-12)15-10-4-3-5-11-15/h12-14H,2-11H2,1H3. The average Bonchev–Trinajstić information content (AvgIpc) is 2.32. The molecular formula is C13H26N2.